The number of hydrogen-bond donors (Lipinski definition) is 3. The number of aromatic nitrogens is 2. The maximum absolute atomic E-state index is 12.4. The smallest absolute Gasteiger partial charge is 0.351 e. The van der Waals surface area contributed by atoms with Gasteiger partial charge in [0, 0.05) is 5.69 Å². The van der Waals surface area contributed by atoms with Gasteiger partial charge in [0.2, 0.25) is 0 Å². The van der Waals surface area contributed by atoms with Crippen LogP contribution in [0.1, 0.15) is 18.8 Å². The van der Waals surface area contributed by atoms with Crippen LogP contribution in [0, 0.1) is 18.8 Å². The van der Waals surface area contributed by atoms with Crippen molar-refractivity contribution >= 4 is 17.4 Å². The number of nitrogen functional groups attached to an aromatic ring is 1. The van der Waals surface area contributed by atoms with Crippen molar-refractivity contribution in [1.29, 1.82) is 0 Å². The monoisotopic (exact) mass is 345 g/mol. The van der Waals surface area contributed by atoms with Gasteiger partial charge >= 0.3 is 5.69 Å². The third-order valence-electron chi connectivity index (χ3n) is 3.61. The van der Waals surface area contributed by atoms with Gasteiger partial charge in [-0.05, 0) is 19.9 Å². The van der Waals surface area contributed by atoms with Crippen LogP contribution in [-0.2, 0) is 4.74 Å². The number of nitrogens with zero attached hydrogens (tertiary/aromatic N) is 2. The van der Waals surface area contributed by atoms with Gasteiger partial charge < -0.3 is 20.7 Å². The maximum atomic E-state index is 12.4. The maximum Gasteiger partial charge on any atom is 0.351 e. The van der Waals surface area contributed by atoms with Gasteiger partial charge in [0.25, 0.3) is 0 Å². The van der Waals surface area contributed by atoms with Crippen molar-refractivity contribution in [2.24, 2.45) is 0 Å². The second-order valence-corrected chi connectivity index (χ2v) is 5.94. The van der Waals surface area contributed by atoms with Gasteiger partial charge in [-0.1, -0.05) is 23.4 Å². The minimum absolute atomic E-state index is 0.0180. The first-order valence-electron chi connectivity index (χ1n) is 6.84. The van der Waals surface area contributed by atoms with Crippen LogP contribution >= 0.6 is 11.6 Å². The molecule has 4 N–H and O–H groups in total. The molecule has 2 heterocycles. The molecule has 1 aromatic rings. The lowest BCUT2D eigenvalue weighted by atomic mass is 9.96. The zero-order valence-corrected chi connectivity index (χ0v) is 13.3. The molecule has 0 radical (unpaired) electrons. The number of anilines is 1. The molecule has 0 bridgehead atoms. The number of aliphatic hydroxyl groups excluding tert-OH is 2. The number of halogens is 2. The Morgan fingerprint density at radius 3 is 2.87 bits per heavy atom. The fourth-order valence-electron chi connectivity index (χ4n) is 2.55. The summed E-state index contributed by atoms with van der Waals surface area (Å²) >= 11 is 6.38. The van der Waals surface area contributed by atoms with Crippen molar-refractivity contribution in [1.82, 2.24) is 9.55 Å². The van der Waals surface area contributed by atoms with Gasteiger partial charge in [0.1, 0.15) is 24.7 Å². The predicted octanol–water partition coefficient (Wildman–Crippen LogP) is -0.276. The first-order chi connectivity index (χ1) is 10.7. The van der Waals surface area contributed by atoms with E-state index in [2.05, 4.69) is 16.8 Å². The Labute approximate surface area is 136 Å². The number of nitrogens with two attached hydrogens (primary N) is 1. The summed E-state index contributed by atoms with van der Waals surface area (Å²) in [6.07, 6.45) is -4.90. The third kappa shape index (κ3) is 3.05. The van der Waals surface area contributed by atoms with E-state index in [1.807, 2.05) is 0 Å². The molecule has 0 aliphatic carbocycles. The fourth-order valence-corrected chi connectivity index (χ4v) is 2.89. The van der Waals surface area contributed by atoms with Crippen LogP contribution in [0.25, 0.3) is 0 Å². The predicted molar refractivity (Wildman–Crippen MR) is 81.6 cm³/mol. The number of hydrogen-bond acceptors (Lipinski definition) is 6. The lowest BCUT2D eigenvalue weighted by molar-refractivity contribution is -0.0777. The number of ether oxygens (including phenoxy) is 1. The molecule has 7 nitrogen and oxygen atoms in total. The lowest BCUT2D eigenvalue weighted by Crippen LogP contribution is -2.45. The molecule has 2 rings (SSSR count). The van der Waals surface area contributed by atoms with E-state index in [4.69, 9.17) is 22.1 Å². The Morgan fingerprint density at radius 2 is 2.35 bits per heavy atom. The summed E-state index contributed by atoms with van der Waals surface area (Å²) in [6, 6.07) is 1.42. The molecular weight excluding hydrogens is 329 g/mol. The Morgan fingerprint density at radius 1 is 1.70 bits per heavy atom. The molecule has 9 heteroatoms. The number of aliphatic hydroxyl groups is 2. The van der Waals surface area contributed by atoms with Gasteiger partial charge in [-0.2, -0.15) is 4.98 Å². The Hall–Kier alpha value is -1.66. The van der Waals surface area contributed by atoms with Crippen molar-refractivity contribution in [2.75, 3.05) is 12.4 Å². The summed E-state index contributed by atoms with van der Waals surface area (Å²) in [5.41, 5.74) is 5.13. The SMILES string of the molecule is Cc1cc(N)nc(=O)n1[C@@H]1O[C@H]([C@H](C)O)[C@H](O)C1(Cl)C#CCF. The van der Waals surface area contributed by atoms with Crippen molar-refractivity contribution in [2.45, 2.75) is 43.3 Å². The van der Waals surface area contributed by atoms with Crippen LogP contribution < -0.4 is 11.4 Å². The highest BCUT2D eigenvalue weighted by Gasteiger charge is 2.57. The summed E-state index contributed by atoms with van der Waals surface area (Å²) in [7, 11) is 0. The van der Waals surface area contributed by atoms with E-state index in [9.17, 15) is 19.4 Å². The van der Waals surface area contributed by atoms with Crippen LogP contribution in [0.15, 0.2) is 10.9 Å². The van der Waals surface area contributed by atoms with Crippen LogP contribution in [0.5, 0.6) is 0 Å². The quantitative estimate of drug-likeness (QED) is 0.502. The molecule has 0 amide bonds. The van der Waals surface area contributed by atoms with Gasteiger partial charge in [0.05, 0.1) is 6.10 Å². The highest BCUT2D eigenvalue weighted by Crippen LogP contribution is 2.44. The number of alkyl halides is 2. The molecule has 5 atom stereocenters. The van der Waals surface area contributed by atoms with E-state index in [1.54, 1.807) is 6.92 Å². The zero-order chi connectivity index (χ0) is 17.4. The second kappa shape index (κ2) is 6.45. The van der Waals surface area contributed by atoms with E-state index in [0.717, 1.165) is 4.57 Å². The summed E-state index contributed by atoms with van der Waals surface area (Å²) in [5.74, 6) is 4.55. The Kier molecular flexibility index (Phi) is 4.96. The van der Waals surface area contributed by atoms with E-state index in [0.29, 0.717) is 5.69 Å². The van der Waals surface area contributed by atoms with E-state index in [-0.39, 0.29) is 5.82 Å². The molecule has 1 aromatic heterocycles. The van der Waals surface area contributed by atoms with Gasteiger partial charge in [0.15, 0.2) is 11.1 Å². The molecule has 23 heavy (non-hydrogen) atoms. The molecular formula is C14H17ClFN3O4. The zero-order valence-electron chi connectivity index (χ0n) is 12.5. The van der Waals surface area contributed by atoms with Crippen LogP contribution in [0.2, 0.25) is 0 Å². The minimum Gasteiger partial charge on any atom is -0.391 e. The first kappa shape index (κ1) is 17.7. The summed E-state index contributed by atoms with van der Waals surface area (Å²) < 4.78 is 19.1. The van der Waals surface area contributed by atoms with Gasteiger partial charge in [-0.25, -0.2) is 9.18 Å². The molecule has 1 fully saturated rings. The lowest BCUT2D eigenvalue weighted by Gasteiger charge is -2.27. The molecule has 1 aliphatic heterocycles. The fraction of sp³-hybridized carbons (Fsp3) is 0.571. The number of aryl methyl sites for hydroxylation is 1. The minimum atomic E-state index is -1.82. The van der Waals surface area contributed by atoms with Gasteiger partial charge in [-0.3, -0.25) is 4.57 Å². The van der Waals surface area contributed by atoms with Crippen molar-refractivity contribution in [3.8, 4) is 11.8 Å². The van der Waals surface area contributed by atoms with Crippen LogP contribution in [-0.4, -0.2) is 49.6 Å². The first-order valence-corrected chi connectivity index (χ1v) is 7.22. The Balaban J connectivity index is 2.61. The third-order valence-corrected chi connectivity index (χ3v) is 4.12. The summed E-state index contributed by atoms with van der Waals surface area (Å²) in [4.78, 5) is 13.9. The van der Waals surface area contributed by atoms with Crippen LogP contribution in [0.4, 0.5) is 10.2 Å². The molecule has 126 valence electrons. The van der Waals surface area contributed by atoms with Crippen molar-refractivity contribution in [3.63, 3.8) is 0 Å². The average Bonchev–Trinajstić information content (AvgIpc) is 2.70. The Bertz CT molecular complexity index is 714. The normalized spacial score (nSPS) is 31.5. The molecule has 0 spiro atoms. The molecule has 1 unspecified atom stereocenters. The van der Waals surface area contributed by atoms with Crippen molar-refractivity contribution < 1.29 is 19.3 Å². The van der Waals surface area contributed by atoms with Crippen molar-refractivity contribution in [3.05, 3.63) is 22.2 Å². The summed E-state index contributed by atoms with van der Waals surface area (Å²) in [5, 5.41) is 20.1. The van der Waals surface area contributed by atoms with Crippen LogP contribution in [0.3, 0.4) is 0 Å². The van der Waals surface area contributed by atoms with E-state index in [1.165, 1.54) is 13.0 Å². The largest absolute Gasteiger partial charge is 0.391 e. The molecule has 1 aliphatic rings. The van der Waals surface area contributed by atoms with E-state index < -0.39 is 41.8 Å². The van der Waals surface area contributed by atoms with E-state index >= 15 is 0 Å². The average molecular weight is 346 g/mol. The molecule has 0 aromatic carbocycles. The molecule has 1 saturated heterocycles. The standard InChI is InChI=1S/C14H17ClFN3O4/c1-7-6-9(17)18-13(22)19(7)12-14(15,4-3-5-16)11(21)10(23-12)8(2)20/h6,8,10-12,20-21H,5H2,1-2H3,(H2,17,18,22)/t8-,10+,11-,12+,14?/m0/s1. The number of rotatable bonds is 2. The second-order valence-electron chi connectivity index (χ2n) is 5.32. The highest BCUT2D eigenvalue weighted by atomic mass is 35.5. The highest BCUT2D eigenvalue weighted by molar-refractivity contribution is 6.27. The summed E-state index contributed by atoms with van der Waals surface area (Å²) in [6.45, 7) is 1.99. The molecule has 0 saturated carbocycles. The van der Waals surface area contributed by atoms with Gasteiger partial charge in [-0.15, -0.1) is 0 Å². The topological polar surface area (TPSA) is 111 Å².